The Morgan fingerprint density at radius 2 is 1.66 bits per heavy atom. The van der Waals surface area contributed by atoms with Gasteiger partial charge in [0.15, 0.2) is 11.5 Å². The van der Waals surface area contributed by atoms with Gasteiger partial charge in [-0.1, -0.05) is 23.2 Å². The van der Waals surface area contributed by atoms with Crippen LogP contribution in [0.15, 0.2) is 53.4 Å². The molecule has 1 amide bonds. The summed E-state index contributed by atoms with van der Waals surface area (Å²) >= 11 is 12.7. The van der Waals surface area contributed by atoms with Gasteiger partial charge in [-0.2, -0.15) is 0 Å². The number of hydrogen-bond donors (Lipinski definition) is 2. The smallest absolute Gasteiger partial charge is 0.264 e. The van der Waals surface area contributed by atoms with Crippen LogP contribution >= 0.6 is 34.5 Å². The first-order valence-electron chi connectivity index (χ1n) is 8.10. The van der Waals surface area contributed by atoms with E-state index >= 15 is 0 Å². The van der Waals surface area contributed by atoms with Gasteiger partial charge in [-0.25, -0.2) is 8.42 Å². The third kappa shape index (κ3) is 4.27. The van der Waals surface area contributed by atoms with E-state index in [-0.39, 0.29) is 32.0 Å². The Labute approximate surface area is 180 Å². The largest absolute Gasteiger partial charge is 0.454 e. The average molecular weight is 471 g/mol. The maximum atomic E-state index is 12.4. The van der Waals surface area contributed by atoms with E-state index in [1.165, 1.54) is 30.3 Å². The van der Waals surface area contributed by atoms with Crippen molar-refractivity contribution in [1.29, 1.82) is 0 Å². The number of rotatable bonds is 5. The van der Waals surface area contributed by atoms with Crippen LogP contribution in [-0.2, 0) is 10.0 Å². The van der Waals surface area contributed by atoms with Gasteiger partial charge in [0.05, 0.1) is 4.34 Å². The first kappa shape index (κ1) is 19.8. The molecule has 0 spiro atoms. The minimum absolute atomic E-state index is 0.0715. The highest BCUT2D eigenvalue weighted by Crippen LogP contribution is 2.35. The Morgan fingerprint density at radius 1 is 0.966 bits per heavy atom. The minimum Gasteiger partial charge on any atom is -0.454 e. The molecule has 0 fully saturated rings. The number of sulfonamides is 1. The molecule has 2 heterocycles. The van der Waals surface area contributed by atoms with Crippen LogP contribution in [0.3, 0.4) is 0 Å². The maximum Gasteiger partial charge on any atom is 0.264 e. The van der Waals surface area contributed by atoms with Crippen molar-refractivity contribution in [1.82, 2.24) is 0 Å². The summed E-state index contributed by atoms with van der Waals surface area (Å²) in [6.45, 7) is 0.146. The summed E-state index contributed by atoms with van der Waals surface area (Å²) in [4.78, 5) is 12.3. The van der Waals surface area contributed by atoms with E-state index in [0.717, 1.165) is 11.3 Å². The summed E-state index contributed by atoms with van der Waals surface area (Å²) in [5.74, 6) is 0.817. The molecule has 0 aliphatic carbocycles. The second-order valence-corrected chi connectivity index (χ2v) is 9.83. The number of anilines is 2. The third-order valence-corrected chi connectivity index (χ3v) is 7.08. The number of hydrogen-bond acceptors (Lipinski definition) is 6. The van der Waals surface area contributed by atoms with Crippen molar-refractivity contribution in [3.05, 3.63) is 62.8 Å². The zero-order chi connectivity index (χ0) is 20.6. The highest BCUT2D eigenvalue weighted by atomic mass is 35.5. The fourth-order valence-electron chi connectivity index (χ4n) is 2.59. The number of fused-ring (bicyclic) bond motifs is 1. The van der Waals surface area contributed by atoms with Crippen LogP contribution in [0.25, 0.3) is 0 Å². The predicted octanol–water partition coefficient (Wildman–Crippen LogP) is 4.84. The van der Waals surface area contributed by atoms with Gasteiger partial charge < -0.3 is 14.8 Å². The molecule has 0 saturated heterocycles. The summed E-state index contributed by atoms with van der Waals surface area (Å²) in [6.07, 6.45) is 0. The van der Waals surface area contributed by atoms with Crippen molar-refractivity contribution >= 4 is 61.8 Å². The molecule has 11 heteroatoms. The Kier molecular flexibility index (Phi) is 5.30. The molecule has 1 aliphatic rings. The molecule has 7 nitrogen and oxygen atoms in total. The van der Waals surface area contributed by atoms with E-state index in [1.54, 1.807) is 18.2 Å². The summed E-state index contributed by atoms with van der Waals surface area (Å²) in [7, 11) is -3.89. The summed E-state index contributed by atoms with van der Waals surface area (Å²) in [5, 5.41) is 2.75. The highest BCUT2D eigenvalue weighted by molar-refractivity contribution is 7.93. The number of ether oxygens (including phenoxy) is 2. The number of amides is 1. The number of thiophene rings is 1. The van der Waals surface area contributed by atoms with Crippen molar-refractivity contribution < 1.29 is 22.7 Å². The first-order chi connectivity index (χ1) is 13.8. The molecule has 0 atom stereocenters. The van der Waals surface area contributed by atoms with Crippen LogP contribution in [-0.4, -0.2) is 21.1 Å². The van der Waals surface area contributed by atoms with E-state index < -0.39 is 10.0 Å². The molecule has 3 aromatic rings. The predicted molar refractivity (Wildman–Crippen MR) is 112 cm³/mol. The second kappa shape index (κ2) is 7.75. The molecule has 1 aliphatic heterocycles. The number of nitrogens with one attached hydrogen (secondary N) is 2. The maximum absolute atomic E-state index is 12.4. The molecule has 0 saturated carbocycles. The van der Waals surface area contributed by atoms with E-state index in [9.17, 15) is 13.2 Å². The van der Waals surface area contributed by atoms with Gasteiger partial charge in [-0.3, -0.25) is 9.52 Å². The fraction of sp³-hybridized carbons (Fsp3) is 0.0556. The zero-order valence-corrected chi connectivity index (χ0v) is 17.6. The Bertz CT molecular complexity index is 1190. The molecule has 29 heavy (non-hydrogen) atoms. The lowest BCUT2D eigenvalue weighted by atomic mass is 10.2. The Hall–Kier alpha value is -2.46. The van der Waals surface area contributed by atoms with Crippen molar-refractivity contribution in [3.63, 3.8) is 0 Å². The van der Waals surface area contributed by atoms with E-state index in [2.05, 4.69) is 10.0 Å². The van der Waals surface area contributed by atoms with Crippen LogP contribution in [0.5, 0.6) is 11.5 Å². The molecule has 0 unspecified atom stereocenters. The van der Waals surface area contributed by atoms with Gasteiger partial charge in [0, 0.05) is 23.0 Å². The molecule has 0 radical (unpaired) electrons. The van der Waals surface area contributed by atoms with Gasteiger partial charge in [0.25, 0.3) is 15.9 Å². The molecule has 2 N–H and O–H groups in total. The SMILES string of the molecule is O=C(Nc1ccc2c(c1)OCO2)c1ccc(NS(=O)(=O)c2cc(Cl)sc2Cl)cc1. The molecular weight excluding hydrogens is 459 g/mol. The Balaban J connectivity index is 1.46. The summed E-state index contributed by atoms with van der Waals surface area (Å²) in [6, 6.07) is 12.3. The monoisotopic (exact) mass is 470 g/mol. The second-order valence-electron chi connectivity index (χ2n) is 5.89. The lowest BCUT2D eigenvalue weighted by molar-refractivity contribution is 0.102. The highest BCUT2D eigenvalue weighted by Gasteiger charge is 2.21. The quantitative estimate of drug-likeness (QED) is 0.556. The topological polar surface area (TPSA) is 93.7 Å². The molecular formula is C18H12Cl2N2O5S2. The normalized spacial score (nSPS) is 12.6. The van der Waals surface area contributed by atoms with E-state index in [0.29, 0.717) is 22.7 Å². The first-order valence-corrected chi connectivity index (χ1v) is 11.2. The lowest BCUT2D eigenvalue weighted by Gasteiger charge is -2.09. The average Bonchev–Trinajstić information content (AvgIpc) is 3.27. The molecule has 0 bridgehead atoms. The van der Waals surface area contributed by atoms with Gasteiger partial charge in [-0.05, 0) is 42.5 Å². The van der Waals surface area contributed by atoms with Crippen LogP contribution in [0.4, 0.5) is 11.4 Å². The van der Waals surface area contributed by atoms with Crippen molar-refractivity contribution in [2.75, 3.05) is 16.8 Å². The van der Waals surface area contributed by atoms with Crippen molar-refractivity contribution in [3.8, 4) is 11.5 Å². The minimum atomic E-state index is -3.89. The number of halogens is 2. The molecule has 4 rings (SSSR count). The Morgan fingerprint density at radius 3 is 2.34 bits per heavy atom. The van der Waals surface area contributed by atoms with Crippen molar-refractivity contribution in [2.24, 2.45) is 0 Å². The van der Waals surface area contributed by atoms with Gasteiger partial charge in [-0.15, -0.1) is 11.3 Å². The standard InChI is InChI=1S/C18H12Cl2N2O5S2/c19-16-8-15(17(20)28-16)29(24,25)22-11-3-1-10(2-4-11)18(23)21-12-5-6-13-14(7-12)27-9-26-13/h1-8,22H,9H2,(H,21,23). The van der Waals surface area contributed by atoms with Crippen LogP contribution in [0.1, 0.15) is 10.4 Å². The fourth-order valence-corrected chi connectivity index (χ4v) is 5.79. The number of carbonyl (C=O) groups excluding carboxylic acids is 1. The van der Waals surface area contributed by atoms with Crippen LogP contribution in [0, 0.1) is 0 Å². The van der Waals surface area contributed by atoms with Crippen LogP contribution < -0.4 is 19.5 Å². The lowest BCUT2D eigenvalue weighted by Crippen LogP contribution is -2.14. The zero-order valence-electron chi connectivity index (χ0n) is 14.4. The van der Waals surface area contributed by atoms with Crippen LogP contribution in [0.2, 0.25) is 8.67 Å². The third-order valence-electron chi connectivity index (χ3n) is 3.94. The molecule has 2 aromatic carbocycles. The number of benzene rings is 2. The summed E-state index contributed by atoms with van der Waals surface area (Å²) in [5.41, 5.74) is 1.18. The molecule has 1 aromatic heterocycles. The van der Waals surface area contributed by atoms with E-state index in [1.807, 2.05) is 0 Å². The number of carbonyl (C=O) groups is 1. The van der Waals surface area contributed by atoms with Gasteiger partial charge >= 0.3 is 0 Å². The van der Waals surface area contributed by atoms with E-state index in [4.69, 9.17) is 32.7 Å². The van der Waals surface area contributed by atoms with Crippen molar-refractivity contribution in [2.45, 2.75) is 4.90 Å². The van der Waals surface area contributed by atoms with Gasteiger partial charge in [0.2, 0.25) is 6.79 Å². The summed E-state index contributed by atoms with van der Waals surface area (Å²) < 4.78 is 38.1. The molecule has 150 valence electrons. The van der Waals surface area contributed by atoms with Gasteiger partial charge in [0.1, 0.15) is 9.23 Å².